The highest BCUT2D eigenvalue weighted by atomic mass is 16.5. The van der Waals surface area contributed by atoms with Gasteiger partial charge in [0, 0.05) is 13.1 Å². The summed E-state index contributed by atoms with van der Waals surface area (Å²) in [6.07, 6.45) is 3.58. The molecule has 3 heteroatoms. The van der Waals surface area contributed by atoms with E-state index in [2.05, 4.69) is 23.1 Å². The molecule has 2 N–H and O–H groups in total. The zero-order valence-corrected chi connectivity index (χ0v) is 10.4. The van der Waals surface area contributed by atoms with Gasteiger partial charge < -0.3 is 10.5 Å². The third kappa shape index (κ3) is 1.49. The van der Waals surface area contributed by atoms with E-state index in [1.165, 1.54) is 30.5 Å². The Kier molecular flexibility index (Phi) is 2.60. The van der Waals surface area contributed by atoms with Gasteiger partial charge in [-0.1, -0.05) is 6.07 Å². The molecule has 17 heavy (non-hydrogen) atoms. The van der Waals surface area contributed by atoms with Gasteiger partial charge >= 0.3 is 0 Å². The van der Waals surface area contributed by atoms with Crippen molar-refractivity contribution in [2.75, 3.05) is 26.7 Å². The number of benzene rings is 1. The molecule has 1 atom stereocenters. The highest BCUT2D eigenvalue weighted by Gasteiger charge is 2.44. The van der Waals surface area contributed by atoms with E-state index in [0.29, 0.717) is 0 Å². The van der Waals surface area contributed by atoms with Crippen molar-refractivity contribution in [3.63, 3.8) is 0 Å². The van der Waals surface area contributed by atoms with Crippen molar-refractivity contribution in [3.8, 4) is 5.75 Å². The van der Waals surface area contributed by atoms with Gasteiger partial charge in [-0.05, 0) is 49.1 Å². The summed E-state index contributed by atoms with van der Waals surface area (Å²) in [6.45, 7) is 3.06. The molecule has 92 valence electrons. The summed E-state index contributed by atoms with van der Waals surface area (Å²) in [6, 6.07) is 6.47. The largest absolute Gasteiger partial charge is 0.497 e. The zero-order chi connectivity index (χ0) is 11.9. The molecule has 1 saturated heterocycles. The second kappa shape index (κ2) is 4.00. The fraction of sp³-hybridized carbons (Fsp3) is 0.571. The van der Waals surface area contributed by atoms with E-state index in [-0.39, 0.29) is 5.54 Å². The molecule has 2 aliphatic rings. The summed E-state index contributed by atoms with van der Waals surface area (Å²) in [7, 11) is 1.73. The van der Waals surface area contributed by atoms with E-state index < -0.39 is 0 Å². The van der Waals surface area contributed by atoms with Gasteiger partial charge in [-0.15, -0.1) is 0 Å². The quantitative estimate of drug-likeness (QED) is 0.840. The van der Waals surface area contributed by atoms with Gasteiger partial charge in [0.15, 0.2) is 0 Å². The molecule has 1 aromatic rings. The smallest absolute Gasteiger partial charge is 0.119 e. The van der Waals surface area contributed by atoms with E-state index in [1.54, 1.807) is 7.11 Å². The fourth-order valence-corrected chi connectivity index (χ4v) is 3.52. The molecule has 0 spiro atoms. The lowest BCUT2D eigenvalue weighted by Gasteiger charge is -2.43. The number of fused-ring (bicyclic) bond motifs is 3. The van der Waals surface area contributed by atoms with E-state index in [9.17, 15) is 0 Å². The molecular formula is C14H20N2O. The third-order valence-electron chi connectivity index (χ3n) is 4.43. The van der Waals surface area contributed by atoms with E-state index in [0.717, 1.165) is 25.3 Å². The first-order valence-corrected chi connectivity index (χ1v) is 6.43. The van der Waals surface area contributed by atoms with Gasteiger partial charge in [-0.25, -0.2) is 0 Å². The van der Waals surface area contributed by atoms with Crippen molar-refractivity contribution in [1.82, 2.24) is 4.90 Å². The summed E-state index contributed by atoms with van der Waals surface area (Å²) in [4.78, 5) is 2.57. The van der Waals surface area contributed by atoms with Crippen LogP contribution in [0.1, 0.15) is 24.0 Å². The predicted octanol–water partition coefficient (Wildman–Crippen LogP) is 1.50. The summed E-state index contributed by atoms with van der Waals surface area (Å²) < 4.78 is 5.31. The van der Waals surface area contributed by atoms with Crippen LogP contribution in [0.5, 0.6) is 5.75 Å². The Morgan fingerprint density at radius 2 is 2.29 bits per heavy atom. The zero-order valence-electron chi connectivity index (χ0n) is 10.4. The molecule has 0 aromatic heterocycles. The van der Waals surface area contributed by atoms with Crippen LogP contribution >= 0.6 is 0 Å². The molecule has 0 bridgehead atoms. The molecule has 1 fully saturated rings. The van der Waals surface area contributed by atoms with Crippen LogP contribution in [0.2, 0.25) is 0 Å². The molecule has 0 amide bonds. The van der Waals surface area contributed by atoms with Crippen molar-refractivity contribution >= 4 is 0 Å². The molecular weight excluding hydrogens is 212 g/mol. The number of hydrogen-bond acceptors (Lipinski definition) is 3. The Bertz CT molecular complexity index is 432. The summed E-state index contributed by atoms with van der Waals surface area (Å²) in [5.74, 6) is 0.961. The lowest BCUT2D eigenvalue weighted by molar-refractivity contribution is 0.131. The van der Waals surface area contributed by atoms with Crippen molar-refractivity contribution < 1.29 is 4.74 Å². The van der Waals surface area contributed by atoms with Crippen molar-refractivity contribution in [2.24, 2.45) is 5.73 Å². The molecule has 0 aliphatic carbocycles. The van der Waals surface area contributed by atoms with E-state index in [4.69, 9.17) is 10.5 Å². The van der Waals surface area contributed by atoms with Gasteiger partial charge in [0.1, 0.15) is 5.75 Å². The normalized spacial score (nSPS) is 27.6. The Morgan fingerprint density at radius 3 is 3.06 bits per heavy atom. The monoisotopic (exact) mass is 232 g/mol. The lowest BCUT2D eigenvalue weighted by Crippen LogP contribution is -2.50. The highest BCUT2D eigenvalue weighted by molar-refractivity contribution is 5.43. The fourth-order valence-electron chi connectivity index (χ4n) is 3.52. The van der Waals surface area contributed by atoms with Gasteiger partial charge in [0.05, 0.1) is 12.6 Å². The van der Waals surface area contributed by atoms with Crippen LogP contribution in [0, 0.1) is 0 Å². The molecule has 1 aromatic carbocycles. The Morgan fingerprint density at radius 1 is 1.41 bits per heavy atom. The first-order chi connectivity index (χ1) is 8.30. The minimum atomic E-state index is 0.111. The number of hydrogen-bond donors (Lipinski definition) is 1. The van der Waals surface area contributed by atoms with Crippen molar-refractivity contribution in [3.05, 3.63) is 29.3 Å². The van der Waals surface area contributed by atoms with Crippen LogP contribution in [0.4, 0.5) is 0 Å². The van der Waals surface area contributed by atoms with Crippen LogP contribution in [-0.4, -0.2) is 31.6 Å². The Balaban J connectivity index is 2.09. The second-order valence-electron chi connectivity index (χ2n) is 5.10. The minimum absolute atomic E-state index is 0.111. The predicted molar refractivity (Wildman–Crippen MR) is 68.2 cm³/mol. The van der Waals surface area contributed by atoms with E-state index in [1.807, 2.05) is 0 Å². The molecule has 0 saturated carbocycles. The van der Waals surface area contributed by atoms with Gasteiger partial charge in [0.25, 0.3) is 0 Å². The second-order valence-corrected chi connectivity index (χ2v) is 5.10. The summed E-state index contributed by atoms with van der Waals surface area (Å²) >= 11 is 0. The summed E-state index contributed by atoms with van der Waals surface area (Å²) in [5.41, 5.74) is 9.06. The maximum absolute atomic E-state index is 6.09. The number of methoxy groups -OCH3 is 1. The maximum Gasteiger partial charge on any atom is 0.119 e. The van der Waals surface area contributed by atoms with Crippen molar-refractivity contribution in [2.45, 2.75) is 24.8 Å². The number of rotatable bonds is 2. The molecule has 3 rings (SSSR count). The molecule has 1 unspecified atom stereocenters. The van der Waals surface area contributed by atoms with Crippen LogP contribution in [0.25, 0.3) is 0 Å². The topological polar surface area (TPSA) is 38.5 Å². The maximum atomic E-state index is 6.09. The number of nitrogens with two attached hydrogens (primary N) is 1. The minimum Gasteiger partial charge on any atom is -0.497 e. The highest BCUT2D eigenvalue weighted by Crippen LogP contribution is 2.43. The number of ether oxygens (including phenoxy) is 1. The SMILES string of the molecule is COc1ccc2c(c1)CCN1CCCC21CN. The summed E-state index contributed by atoms with van der Waals surface area (Å²) in [5, 5.41) is 0. The standard InChI is InChI=1S/C14H20N2O/c1-17-12-3-4-13-11(9-12)5-8-16-7-2-6-14(13,16)10-15/h3-4,9H,2,5-8,10,15H2,1H3. The van der Waals surface area contributed by atoms with Crippen LogP contribution < -0.4 is 10.5 Å². The average molecular weight is 232 g/mol. The average Bonchev–Trinajstić information content (AvgIpc) is 2.82. The molecule has 2 aliphatic heterocycles. The van der Waals surface area contributed by atoms with Crippen LogP contribution in [-0.2, 0) is 12.0 Å². The Hall–Kier alpha value is -1.06. The molecule has 2 heterocycles. The Labute approximate surface area is 103 Å². The van der Waals surface area contributed by atoms with Gasteiger partial charge in [-0.2, -0.15) is 0 Å². The molecule has 0 radical (unpaired) electrons. The first-order valence-electron chi connectivity index (χ1n) is 6.43. The van der Waals surface area contributed by atoms with Crippen molar-refractivity contribution in [1.29, 1.82) is 0 Å². The van der Waals surface area contributed by atoms with Crippen LogP contribution in [0.3, 0.4) is 0 Å². The van der Waals surface area contributed by atoms with Gasteiger partial charge in [0.2, 0.25) is 0 Å². The third-order valence-corrected chi connectivity index (χ3v) is 4.43. The number of nitrogens with zero attached hydrogens (tertiary/aromatic N) is 1. The van der Waals surface area contributed by atoms with Crippen LogP contribution in [0.15, 0.2) is 18.2 Å². The molecule has 3 nitrogen and oxygen atoms in total. The van der Waals surface area contributed by atoms with Gasteiger partial charge in [-0.3, -0.25) is 4.90 Å². The van der Waals surface area contributed by atoms with E-state index >= 15 is 0 Å². The lowest BCUT2D eigenvalue weighted by atomic mass is 9.80. The first kappa shape index (κ1) is 11.1.